The maximum Gasteiger partial charge on any atom is 0.343 e. The normalized spacial score (nSPS) is 12.9. The van der Waals surface area contributed by atoms with Gasteiger partial charge < -0.3 is 10.3 Å². The highest BCUT2D eigenvalue weighted by molar-refractivity contribution is 5.97. The fourth-order valence-corrected chi connectivity index (χ4v) is 4.16. The summed E-state index contributed by atoms with van der Waals surface area (Å²) in [7, 11) is 0. The van der Waals surface area contributed by atoms with Gasteiger partial charge in [-0.15, -0.1) is 0 Å². The van der Waals surface area contributed by atoms with Crippen LogP contribution in [0.2, 0.25) is 0 Å². The Labute approximate surface area is 201 Å². The van der Waals surface area contributed by atoms with Crippen LogP contribution < -0.4 is 17.0 Å². The lowest BCUT2D eigenvalue weighted by atomic mass is 10.1. The molecule has 2 heterocycles. The van der Waals surface area contributed by atoms with Gasteiger partial charge in [-0.05, 0) is 48.4 Å². The van der Waals surface area contributed by atoms with Crippen LogP contribution in [0.5, 0.6) is 0 Å². The highest BCUT2D eigenvalue weighted by atomic mass is 16.2. The molecule has 0 spiro atoms. The Balaban J connectivity index is 1.96. The fraction of sp³-hybridized carbons (Fsp3) is 0.185. The van der Waals surface area contributed by atoms with Crippen LogP contribution in [-0.2, 0) is 6.54 Å². The van der Waals surface area contributed by atoms with Crippen LogP contribution in [0.4, 0.5) is 5.69 Å². The Hall–Kier alpha value is -4.46. The number of hydrogen-bond acceptors (Lipinski definition) is 4. The van der Waals surface area contributed by atoms with Crippen molar-refractivity contribution in [2.75, 3.05) is 0 Å². The summed E-state index contributed by atoms with van der Waals surface area (Å²) in [5, 5.41) is 0. The second-order valence-corrected chi connectivity index (χ2v) is 8.64. The number of nitrogens with zero attached hydrogens (tertiary/aromatic N) is 5. The minimum absolute atomic E-state index is 0.274. The quantitative estimate of drug-likeness (QED) is 0.412. The van der Waals surface area contributed by atoms with E-state index in [0.29, 0.717) is 40.7 Å². The molecule has 0 radical (unpaired) electrons. The second kappa shape index (κ2) is 9.06. The van der Waals surface area contributed by atoms with Gasteiger partial charge in [0.15, 0.2) is 0 Å². The van der Waals surface area contributed by atoms with Crippen molar-refractivity contribution in [3.8, 4) is 5.69 Å². The third kappa shape index (κ3) is 4.03. The van der Waals surface area contributed by atoms with Gasteiger partial charge in [0.05, 0.1) is 22.4 Å². The fourth-order valence-electron chi connectivity index (χ4n) is 4.16. The summed E-state index contributed by atoms with van der Waals surface area (Å²) in [4.78, 5) is 35.7. The number of rotatable bonds is 6. The number of benzene rings is 3. The Morgan fingerprint density at radius 3 is 2.34 bits per heavy atom. The van der Waals surface area contributed by atoms with Crippen molar-refractivity contribution >= 4 is 28.4 Å². The molecule has 3 aromatic carbocycles. The molecule has 1 atom stereocenters. The number of hydrogen-bond donors (Lipinski definition) is 1. The van der Waals surface area contributed by atoms with E-state index in [1.807, 2.05) is 71.3 Å². The Bertz CT molecular complexity index is 1660. The van der Waals surface area contributed by atoms with Crippen molar-refractivity contribution in [1.29, 1.82) is 0 Å². The monoisotopic (exact) mass is 466 g/mol. The summed E-state index contributed by atoms with van der Waals surface area (Å²) in [5.41, 5.74) is 8.54. The molecule has 0 aliphatic heterocycles. The Kier molecular flexibility index (Phi) is 5.78. The van der Waals surface area contributed by atoms with Crippen molar-refractivity contribution in [3.63, 3.8) is 0 Å². The minimum atomic E-state index is -0.553. The van der Waals surface area contributed by atoms with E-state index in [9.17, 15) is 9.59 Å². The molecule has 0 bridgehead atoms. The largest absolute Gasteiger partial charge is 0.366 e. The topological polar surface area (TPSA) is 99.7 Å². The molecule has 8 heteroatoms. The molecule has 2 aromatic heterocycles. The number of aromatic nitrogens is 4. The van der Waals surface area contributed by atoms with Gasteiger partial charge in [0.1, 0.15) is 0 Å². The minimum Gasteiger partial charge on any atom is -0.366 e. The first-order chi connectivity index (χ1) is 17.0. The lowest BCUT2D eigenvalue weighted by Crippen LogP contribution is -2.39. The van der Waals surface area contributed by atoms with Crippen molar-refractivity contribution in [2.24, 2.45) is 16.6 Å². The first-order valence-corrected chi connectivity index (χ1v) is 11.6. The Morgan fingerprint density at radius 2 is 1.69 bits per heavy atom. The number of nitrogens with two attached hydrogens (primary N) is 1. The molecule has 0 saturated heterocycles. The SMILES string of the molecule is CCC(C)Cn1c2ccc(C(N)=O)cc2n2c(=O)n(-c3ccccc3)c(=Nc3ccccc3)nc12. The molecule has 0 fully saturated rings. The molecule has 2 N–H and O–H groups in total. The molecule has 5 rings (SSSR count). The van der Waals surface area contributed by atoms with Crippen molar-refractivity contribution in [3.05, 3.63) is 101 Å². The summed E-state index contributed by atoms with van der Waals surface area (Å²) >= 11 is 0. The first kappa shape index (κ1) is 22.3. The predicted octanol–water partition coefficient (Wildman–Crippen LogP) is 3.82. The summed E-state index contributed by atoms with van der Waals surface area (Å²) < 4.78 is 5.06. The second-order valence-electron chi connectivity index (χ2n) is 8.64. The maximum atomic E-state index is 14.1. The maximum absolute atomic E-state index is 14.1. The molecule has 35 heavy (non-hydrogen) atoms. The van der Waals surface area contributed by atoms with Gasteiger partial charge in [-0.1, -0.05) is 56.7 Å². The Morgan fingerprint density at radius 1 is 1.00 bits per heavy atom. The molecule has 1 unspecified atom stereocenters. The van der Waals surface area contributed by atoms with Crippen molar-refractivity contribution < 1.29 is 4.79 Å². The van der Waals surface area contributed by atoms with Crippen LogP contribution >= 0.6 is 0 Å². The lowest BCUT2D eigenvalue weighted by molar-refractivity contribution is 0.100. The zero-order valence-corrected chi connectivity index (χ0v) is 19.6. The number of para-hydroxylation sites is 2. The van der Waals surface area contributed by atoms with Crippen LogP contribution in [0.15, 0.2) is 88.6 Å². The summed E-state index contributed by atoms with van der Waals surface area (Å²) in [6.45, 7) is 4.94. The van der Waals surface area contributed by atoms with Crippen LogP contribution in [0, 0.1) is 5.92 Å². The van der Waals surface area contributed by atoms with Crippen molar-refractivity contribution in [1.82, 2.24) is 18.5 Å². The average Bonchev–Trinajstić information content (AvgIpc) is 3.17. The van der Waals surface area contributed by atoms with E-state index in [0.717, 1.165) is 11.9 Å². The van der Waals surface area contributed by atoms with E-state index < -0.39 is 5.91 Å². The molecular formula is C27H26N6O2. The van der Waals surface area contributed by atoms with Gasteiger partial charge in [-0.25, -0.2) is 18.8 Å². The van der Waals surface area contributed by atoms with Gasteiger partial charge >= 0.3 is 5.69 Å². The van der Waals surface area contributed by atoms with Gasteiger partial charge in [0.2, 0.25) is 17.3 Å². The molecule has 1 amide bonds. The van der Waals surface area contributed by atoms with E-state index in [-0.39, 0.29) is 11.3 Å². The number of fused-ring (bicyclic) bond motifs is 3. The summed E-state index contributed by atoms with van der Waals surface area (Å²) in [6, 6.07) is 23.9. The third-order valence-electron chi connectivity index (χ3n) is 6.21. The molecule has 0 aliphatic rings. The van der Waals surface area contributed by atoms with Crippen LogP contribution in [0.1, 0.15) is 30.6 Å². The molecule has 0 aliphatic carbocycles. The third-order valence-corrected chi connectivity index (χ3v) is 6.21. The predicted molar refractivity (Wildman–Crippen MR) is 136 cm³/mol. The molecular weight excluding hydrogens is 440 g/mol. The molecule has 0 saturated carbocycles. The van der Waals surface area contributed by atoms with E-state index >= 15 is 0 Å². The first-order valence-electron chi connectivity index (χ1n) is 11.6. The molecule has 8 nitrogen and oxygen atoms in total. The van der Waals surface area contributed by atoms with E-state index in [1.165, 1.54) is 4.57 Å². The van der Waals surface area contributed by atoms with E-state index in [1.54, 1.807) is 16.5 Å². The van der Waals surface area contributed by atoms with Gasteiger partial charge in [0.25, 0.3) is 0 Å². The van der Waals surface area contributed by atoms with Gasteiger partial charge in [-0.3, -0.25) is 4.79 Å². The molecule has 5 aromatic rings. The summed E-state index contributed by atoms with van der Waals surface area (Å²) in [5.74, 6) is 0.259. The van der Waals surface area contributed by atoms with Gasteiger partial charge in [0, 0.05) is 12.1 Å². The zero-order chi connectivity index (χ0) is 24.5. The zero-order valence-electron chi connectivity index (χ0n) is 19.6. The van der Waals surface area contributed by atoms with Crippen LogP contribution in [0.3, 0.4) is 0 Å². The van der Waals surface area contributed by atoms with Crippen LogP contribution in [-0.4, -0.2) is 24.4 Å². The number of carbonyl (C=O) groups is 1. The number of imidazole rings is 1. The van der Waals surface area contributed by atoms with E-state index in [2.05, 4.69) is 13.8 Å². The van der Waals surface area contributed by atoms with Gasteiger partial charge in [-0.2, -0.15) is 4.98 Å². The standard InChI is InChI=1S/C27H26N6O2/c1-3-18(2)17-31-22-15-14-19(24(28)34)16-23(22)33-26(31)30-25(29-20-10-6-4-7-11-20)32(27(33)35)21-12-8-5-9-13-21/h4-16,18H,3,17H2,1-2H3,(H2,28,34). The highest BCUT2D eigenvalue weighted by Crippen LogP contribution is 2.22. The van der Waals surface area contributed by atoms with E-state index in [4.69, 9.17) is 15.7 Å². The number of carbonyl (C=O) groups excluding carboxylic acids is 1. The lowest BCUT2D eigenvalue weighted by Gasteiger charge is -2.12. The smallest absolute Gasteiger partial charge is 0.343 e. The molecule has 176 valence electrons. The van der Waals surface area contributed by atoms with Crippen LogP contribution in [0.25, 0.3) is 22.5 Å². The van der Waals surface area contributed by atoms with Crippen molar-refractivity contribution in [2.45, 2.75) is 26.8 Å². The number of primary amides is 1. The highest BCUT2D eigenvalue weighted by Gasteiger charge is 2.19. The summed E-state index contributed by atoms with van der Waals surface area (Å²) in [6.07, 6.45) is 0.966. The average molecular weight is 467 g/mol. The number of amides is 1.